The van der Waals surface area contributed by atoms with Gasteiger partial charge in [-0.05, 0) is 38.6 Å². The van der Waals surface area contributed by atoms with Gasteiger partial charge < -0.3 is 9.47 Å². The standard InChI is InChI=1S/C13H17ClN4/c1-17-7-3-4-10(17)9-18-12(8-14)16-11-5-2-6-15-13(11)18/h2,5-6,10H,3-4,7-9H2,1H3. The second-order valence-electron chi connectivity index (χ2n) is 4.90. The highest BCUT2D eigenvalue weighted by Gasteiger charge is 2.23. The summed E-state index contributed by atoms with van der Waals surface area (Å²) in [4.78, 5) is 11.4. The van der Waals surface area contributed by atoms with Crippen molar-refractivity contribution in [2.45, 2.75) is 31.3 Å². The Labute approximate surface area is 112 Å². The highest BCUT2D eigenvalue weighted by atomic mass is 35.5. The Morgan fingerprint density at radius 1 is 1.50 bits per heavy atom. The first-order chi connectivity index (χ1) is 8.79. The first-order valence-electron chi connectivity index (χ1n) is 6.36. The fourth-order valence-electron chi connectivity index (χ4n) is 2.72. The largest absolute Gasteiger partial charge is 0.310 e. The Hall–Kier alpha value is -1.13. The number of aromatic nitrogens is 3. The van der Waals surface area contributed by atoms with Gasteiger partial charge in [0.25, 0.3) is 0 Å². The lowest BCUT2D eigenvalue weighted by molar-refractivity contribution is 0.282. The summed E-state index contributed by atoms with van der Waals surface area (Å²) in [5.41, 5.74) is 1.89. The zero-order valence-corrected chi connectivity index (χ0v) is 11.3. The molecule has 1 unspecified atom stereocenters. The molecule has 0 saturated carbocycles. The Kier molecular flexibility index (Phi) is 3.22. The van der Waals surface area contributed by atoms with E-state index < -0.39 is 0 Å². The Morgan fingerprint density at radius 3 is 3.11 bits per heavy atom. The highest BCUT2D eigenvalue weighted by molar-refractivity contribution is 6.16. The summed E-state index contributed by atoms with van der Waals surface area (Å²) in [5, 5.41) is 0. The van der Waals surface area contributed by atoms with Gasteiger partial charge in [-0.2, -0.15) is 0 Å². The molecule has 5 heteroatoms. The number of hydrogen-bond acceptors (Lipinski definition) is 3. The van der Waals surface area contributed by atoms with Crippen molar-refractivity contribution in [3.63, 3.8) is 0 Å². The van der Waals surface area contributed by atoms with Crippen LogP contribution >= 0.6 is 11.6 Å². The van der Waals surface area contributed by atoms with Crippen LogP contribution < -0.4 is 0 Å². The molecule has 0 amide bonds. The summed E-state index contributed by atoms with van der Waals surface area (Å²) in [7, 11) is 2.19. The molecule has 0 bridgehead atoms. The molecule has 0 spiro atoms. The average molecular weight is 265 g/mol. The Balaban J connectivity index is 1.98. The van der Waals surface area contributed by atoms with Crippen LogP contribution in [0.1, 0.15) is 18.7 Å². The molecule has 0 aromatic carbocycles. The minimum Gasteiger partial charge on any atom is -0.310 e. The van der Waals surface area contributed by atoms with Gasteiger partial charge in [0.05, 0.1) is 5.88 Å². The van der Waals surface area contributed by atoms with Crippen molar-refractivity contribution in [1.29, 1.82) is 0 Å². The molecule has 1 aliphatic rings. The molecule has 2 aromatic heterocycles. The molecule has 0 N–H and O–H groups in total. The summed E-state index contributed by atoms with van der Waals surface area (Å²) in [6.07, 6.45) is 4.33. The van der Waals surface area contributed by atoms with E-state index >= 15 is 0 Å². The second kappa shape index (κ2) is 4.86. The number of imidazole rings is 1. The summed E-state index contributed by atoms with van der Waals surface area (Å²) in [6.45, 7) is 2.12. The lowest BCUT2D eigenvalue weighted by atomic mass is 10.2. The van der Waals surface area contributed by atoms with E-state index in [-0.39, 0.29) is 0 Å². The molecule has 96 valence electrons. The van der Waals surface area contributed by atoms with Gasteiger partial charge in [0.2, 0.25) is 0 Å². The smallest absolute Gasteiger partial charge is 0.160 e. The number of hydrogen-bond donors (Lipinski definition) is 0. The minimum absolute atomic E-state index is 0.437. The van der Waals surface area contributed by atoms with Gasteiger partial charge in [0, 0.05) is 18.8 Å². The molecule has 3 heterocycles. The van der Waals surface area contributed by atoms with Crippen LogP contribution in [0.25, 0.3) is 11.2 Å². The number of nitrogens with zero attached hydrogens (tertiary/aromatic N) is 4. The van der Waals surface area contributed by atoms with E-state index in [4.69, 9.17) is 11.6 Å². The van der Waals surface area contributed by atoms with Crippen LogP contribution in [-0.4, -0.2) is 39.1 Å². The van der Waals surface area contributed by atoms with Gasteiger partial charge in [-0.15, -0.1) is 11.6 Å². The number of likely N-dealkylation sites (tertiary alicyclic amines) is 1. The molecular weight excluding hydrogens is 248 g/mol. The van der Waals surface area contributed by atoms with E-state index in [1.54, 1.807) is 0 Å². The number of rotatable bonds is 3. The number of likely N-dealkylation sites (N-methyl/N-ethyl adjacent to an activating group) is 1. The molecule has 4 nitrogen and oxygen atoms in total. The fourth-order valence-corrected chi connectivity index (χ4v) is 2.92. The van der Waals surface area contributed by atoms with Crippen LogP contribution in [0, 0.1) is 0 Å². The Bertz CT molecular complexity index is 551. The van der Waals surface area contributed by atoms with Crippen molar-refractivity contribution in [2.24, 2.45) is 0 Å². The summed E-state index contributed by atoms with van der Waals surface area (Å²) >= 11 is 6.00. The van der Waals surface area contributed by atoms with Crippen molar-refractivity contribution in [1.82, 2.24) is 19.4 Å². The second-order valence-corrected chi connectivity index (χ2v) is 5.16. The highest BCUT2D eigenvalue weighted by Crippen LogP contribution is 2.21. The third-order valence-corrected chi connectivity index (χ3v) is 4.01. The van der Waals surface area contributed by atoms with Crippen molar-refractivity contribution in [2.75, 3.05) is 13.6 Å². The molecule has 2 aromatic rings. The van der Waals surface area contributed by atoms with Crippen LogP contribution in [0.15, 0.2) is 18.3 Å². The third-order valence-electron chi connectivity index (χ3n) is 3.77. The minimum atomic E-state index is 0.437. The molecule has 18 heavy (non-hydrogen) atoms. The van der Waals surface area contributed by atoms with Crippen molar-refractivity contribution in [3.8, 4) is 0 Å². The van der Waals surface area contributed by atoms with Crippen LogP contribution in [-0.2, 0) is 12.4 Å². The van der Waals surface area contributed by atoms with Crippen LogP contribution in [0.5, 0.6) is 0 Å². The summed E-state index contributed by atoms with van der Waals surface area (Å²) < 4.78 is 2.18. The third kappa shape index (κ3) is 1.99. The van der Waals surface area contributed by atoms with Crippen LogP contribution in [0.3, 0.4) is 0 Å². The number of pyridine rings is 1. The van der Waals surface area contributed by atoms with Crippen molar-refractivity contribution in [3.05, 3.63) is 24.2 Å². The Morgan fingerprint density at radius 2 is 2.39 bits per heavy atom. The number of alkyl halides is 1. The average Bonchev–Trinajstić information content (AvgIpc) is 2.95. The van der Waals surface area contributed by atoms with E-state index in [0.717, 1.165) is 23.5 Å². The maximum atomic E-state index is 6.00. The first-order valence-corrected chi connectivity index (χ1v) is 6.89. The molecular formula is C13H17ClN4. The van der Waals surface area contributed by atoms with Gasteiger partial charge in [0.15, 0.2) is 5.65 Å². The monoisotopic (exact) mass is 264 g/mol. The predicted octanol–water partition coefficient (Wildman–Crippen LogP) is 2.26. The summed E-state index contributed by atoms with van der Waals surface area (Å²) in [5.74, 6) is 1.36. The molecule has 1 atom stereocenters. The van der Waals surface area contributed by atoms with Gasteiger partial charge in [0.1, 0.15) is 11.3 Å². The first kappa shape index (κ1) is 11.9. The number of halogens is 1. The van der Waals surface area contributed by atoms with Gasteiger partial charge >= 0.3 is 0 Å². The topological polar surface area (TPSA) is 34.0 Å². The van der Waals surface area contributed by atoms with E-state index in [1.807, 2.05) is 18.3 Å². The van der Waals surface area contributed by atoms with E-state index in [9.17, 15) is 0 Å². The lowest BCUT2D eigenvalue weighted by Crippen LogP contribution is -2.29. The van der Waals surface area contributed by atoms with E-state index in [1.165, 1.54) is 19.4 Å². The molecule has 3 rings (SSSR count). The lowest BCUT2D eigenvalue weighted by Gasteiger charge is -2.20. The fraction of sp³-hybridized carbons (Fsp3) is 0.538. The molecule has 1 aliphatic heterocycles. The van der Waals surface area contributed by atoms with Gasteiger partial charge in [-0.3, -0.25) is 0 Å². The van der Waals surface area contributed by atoms with Crippen LogP contribution in [0.2, 0.25) is 0 Å². The molecule has 0 radical (unpaired) electrons. The van der Waals surface area contributed by atoms with Gasteiger partial charge in [-0.1, -0.05) is 0 Å². The molecule has 1 saturated heterocycles. The predicted molar refractivity (Wildman–Crippen MR) is 72.7 cm³/mol. The SMILES string of the molecule is CN1CCCC1Cn1c(CCl)nc2cccnc21. The molecule has 0 aliphatic carbocycles. The van der Waals surface area contributed by atoms with E-state index in [2.05, 4.69) is 26.5 Å². The molecule has 1 fully saturated rings. The van der Waals surface area contributed by atoms with Crippen molar-refractivity contribution < 1.29 is 0 Å². The number of fused-ring (bicyclic) bond motifs is 1. The maximum Gasteiger partial charge on any atom is 0.160 e. The quantitative estimate of drug-likeness (QED) is 0.798. The van der Waals surface area contributed by atoms with Crippen LogP contribution in [0.4, 0.5) is 0 Å². The van der Waals surface area contributed by atoms with E-state index in [0.29, 0.717) is 11.9 Å². The van der Waals surface area contributed by atoms with Gasteiger partial charge in [-0.25, -0.2) is 9.97 Å². The zero-order chi connectivity index (χ0) is 12.5. The normalized spacial score (nSPS) is 20.9. The van der Waals surface area contributed by atoms with Crippen molar-refractivity contribution >= 4 is 22.8 Å². The zero-order valence-electron chi connectivity index (χ0n) is 10.5. The summed E-state index contributed by atoms with van der Waals surface area (Å²) in [6, 6.07) is 4.48. The maximum absolute atomic E-state index is 6.00.